The van der Waals surface area contributed by atoms with Gasteiger partial charge in [-0.3, -0.25) is 9.59 Å². The standard InChI is InChI=1S/C23H26N2O2S/c1-3-17(2)18-9-11-19(12-10-18)23(20-7-6-16-28-20)24-21(26)13-15-25-14-5-4-8-22(25)27/h4-12,14,16-17,23H,3,13,15H2,1-2H3,(H,24,26). The number of nitrogens with zero attached hydrogens (tertiary/aromatic N) is 1. The fraction of sp³-hybridized carbons (Fsp3) is 0.304. The van der Waals surface area contributed by atoms with Crippen molar-refractivity contribution in [2.45, 2.75) is 45.2 Å². The van der Waals surface area contributed by atoms with Gasteiger partial charge in [-0.05, 0) is 41.0 Å². The van der Waals surface area contributed by atoms with E-state index in [1.165, 1.54) is 11.6 Å². The average molecular weight is 395 g/mol. The lowest BCUT2D eigenvalue weighted by molar-refractivity contribution is -0.121. The summed E-state index contributed by atoms with van der Waals surface area (Å²) >= 11 is 1.63. The van der Waals surface area contributed by atoms with Gasteiger partial charge in [0.15, 0.2) is 0 Å². The van der Waals surface area contributed by atoms with Crippen LogP contribution in [0.3, 0.4) is 0 Å². The number of thiophene rings is 1. The Morgan fingerprint density at radius 3 is 2.46 bits per heavy atom. The molecule has 1 aromatic carbocycles. The van der Waals surface area contributed by atoms with Crippen LogP contribution >= 0.6 is 11.3 Å². The Labute approximate surface area is 169 Å². The topological polar surface area (TPSA) is 51.1 Å². The Kier molecular flexibility index (Phi) is 6.82. The second-order valence-electron chi connectivity index (χ2n) is 6.97. The van der Waals surface area contributed by atoms with Gasteiger partial charge in [-0.25, -0.2) is 0 Å². The van der Waals surface area contributed by atoms with E-state index >= 15 is 0 Å². The third kappa shape index (κ3) is 4.98. The van der Waals surface area contributed by atoms with Gasteiger partial charge in [0, 0.05) is 30.1 Å². The summed E-state index contributed by atoms with van der Waals surface area (Å²) in [6, 6.07) is 17.4. The van der Waals surface area contributed by atoms with Gasteiger partial charge in [0.1, 0.15) is 0 Å². The van der Waals surface area contributed by atoms with Crippen molar-refractivity contribution in [2.24, 2.45) is 0 Å². The van der Waals surface area contributed by atoms with E-state index in [1.807, 2.05) is 17.5 Å². The molecule has 1 amide bonds. The van der Waals surface area contributed by atoms with Crippen molar-refractivity contribution >= 4 is 17.2 Å². The first kappa shape index (κ1) is 20.1. The smallest absolute Gasteiger partial charge is 0.250 e. The molecule has 146 valence electrons. The molecular formula is C23H26N2O2S. The molecule has 3 aromatic rings. The van der Waals surface area contributed by atoms with Crippen LogP contribution in [0.15, 0.2) is 71.0 Å². The molecule has 2 atom stereocenters. The summed E-state index contributed by atoms with van der Waals surface area (Å²) in [5.74, 6) is 0.452. The van der Waals surface area contributed by atoms with Crippen LogP contribution in [0.4, 0.5) is 0 Å². The molecule has 0 bridgehead atoms. The van der Waals surface area contributed by atoms with Crippen molar-refractivity contribution in [3.05, 3.63) is 92.5 Å². The van der Waals surface area contributed by atoms with Crippen LogP contribution in [0.1, 0.15) is 54.7 Å². The summed E-state index contributed by atoms with van der Waals surface area (Å²) in [6.45, 7) is 4.78. The molecule has 2 aromatic heterocycles. The van der Waals surface area contributed by atoms with Crippen LogP contribution < -0.4 is 10.9 Å². The maximum atomic E-state index is 12.6. The first-order valence-corrected chi connectivity index (χ1v) is 10.5. The van der Waals surface area contributed by atoms with Gasteiger partial charge in [0.05, 0.1) is 6.04 Å². The van der Waals surface area contributed by atoms with E-state index in [2.05, 4.69) is 43.4 Å². The zero-order valence-corrected chi connectivity index (χ0v) is 17.1. The van der Waals surface area contributed by atoms with E-state index in [4.69, 9.17) is 0 Å². The van der Waals surface area contributed by atoms with Crippen LogP contribution in [-0.2, 0) is 11.3 Å². The van der Waals surface area contributed by atoms with Gasteiger partial charge in [-0.1, -0.05) is 50.2 Å². The number of pyridine rings is 1. The number of aromatic nitrogens is 1. The lowest BCUT2D eigenvalue weighted by atomic mass is 9.95. The van der Waals surface area contributed by atoms with Gasteiger partial charge in [0.2, 0.25) is 5.91 Å². The monoisotopic (exact) mass is 394 g/mol. The highest BCUT2D eigenvalue weighted by Crippen LogP contribution is 2.28. The molecule has 1 N–H and O–H groups in total. The summed E-state index contributed by atoms with van der Waals surface area (Å²) in [5.41, 5.74) is 2.29. The highest BCUT2D eigenvalue weighted by Gasteiger charge is 2.18. The molecule has 0 saturated carbocycles. The van der Waals surface area contributed by atoms with Gasteiger partial charge in [-0.15, -0.1) is 11.3 Å². The molecule has 2 heterocycles. The Bertz CT molecular complexity index is 945. The molecule has 3 rings (SSSR count). The zero-order chi connectivity index (χ0) is 19.9. The van der Waals surface area contributed by atoms with E-state index in [1.54, 1.807) is 34.2 Å². The van der Waals surface area contributed by atoms with Crippen molar-refractivity contribution < 1.29 is 4.79 Å². The SMILES string of the molecule is CCC(C)c1ccc(C(NC(=O)CCn2ccccc2=O)c2cccs2)cc1. The minimum atomic E-state index is -0.175. The van der Waals surface area contributed by atoms with E-state index in [9.17, 15) is 9.59 Å². The molecule has 2 unspecified atom stereocenters. The lowest BCUT2D eigenvalue weighted by Gasteiger charge is -2.19. The minimum absolute atomic E-state index is 0.0693. The second kappa shape index (κ2) is 9.51. The number of nitrogens with one attached hydrogen (secondary N) is 1. The van der Waals surface area contributed by atoms with Gasteiger partial charge in [0.25, 0.3) is 5.56 Å². The van der Waals surface area contributed by atoms with Crippen LogP contribution in [0, 0.1) is 0 Å². The highest BCUT2D eigenvalue weighted by molar-refractivity contribution is 7.10. The molecule has 0 aliphatic carbocycles. The van der Waals surface area contributed by atoms with Crippen LogP contribution in [-0.4, -0.2) is 10.5 Å². The summed E-state index contributed by atoms with van der Waals surface area (Å²) in [4.78, 5) is 25.5. The number of carbonyl (C=O) groups excluding carboxylic acids is 1. The van der Waals surface area contributed by atoms with Crippen LogP contribution in [0.5, 0.6) is 0 Å². The van der Waals surface area contributed by atoms with Crippen molar-refractivity contribution in [3.63, 3.8) is 0 Å². The van der Waals surface area contributed by atoms with Crippen molar-refractivity contribution in [3.8, 4) is 0 Å². The first-order chi connectivity index (χ1) is 13.6. The highest BCUT2D eigenvalue weighted by atomic mass is 32.1. The molecule has 0 saturated heterocycles. The third-order valence-corrected chi connectivity index (χ3v) is 6.00. The molecule has 0 radical (unpaired) electrons. The maximum Gasteiger partial charge on any atom is 0.250 e. The maximum absolute atomic E-state index is 12.6. The summed E-state index contributed by atoms with van der Waals surface area (Å²) in [5, 5.41) is 5.16. The first-order valence-electron chi connectivity index (χ1n) is 9.66. The van der Waals surface area contributed by atoms with E-state index in [0.717, 1.165) is 16.9 Å². The normalized spacial score (nSPS) is 13.1. The molecule has 0 spiro atoms. The predicted octanol–water partition coefficient (Wildman–Crippen LogP) is 4.72. The number of hydrogen-bond acceptors (Lipinski definition) is 3. The van der Waals surface area contributed by atoms with Crippen molar-refractivity contribution in [2.75, 3.05) is 0 Å². The third-order valence-electron chi connectivity index (χ3n) is 5.06. The Morgan fingerprint density at radius 2 is 1.82 bits per heavy atom. The average Bonchev–Trinajstić information content (AvgIpc) is 3.25. The Balaban J connectivity index is 1.73. The summed E-state index contributed by atoms with van der Waals surface area (Å²) < 4.78 is 1.56. The van der Waals surface area contributed by atoms with E-state index < -0.39 is 0 Å². The Hall–Kier alpha value is -2.66. The summed E-state index contributed by atoms with van der Waals surface area (Å²) in [7, 11) is 0. The van der Waals surface area contributed by atoms with Crippen molar-refractivity contribution in [1.82, 2.24) is 9.88 Å². The van der Waals surface area contributed by atoms with Gasteiger partial charge < -0.3 is 9.88 Å². The number of aryl methyl sites for hydroxylation is 1. The molecule has 5 heteroatoms. The van der Waals surface area contributed by atoms with Crippen LogP contribution in [0.25, 0.3) is 0 Å². The second-order valence-corrected chi connectivity index (χ2v) is 7.95. The quantitative estimate of drug-likeness (QED) is 0.601. The van der Waals surface area contributed by atoms with Gasteiger partial charge in [-0.2, -0.15) is 0 Å². The number of carbonyl (C=O) groups is 1. The summed E-state index contributed by atoms with van der Waals surface area (Å²) in [6.07, 6.45) is 3.07. The van der Waals surface area contributed by atoms with Crippen molar-refractivity contribution in [1.29, 1.82) is 0 Å². The number of amides is 1. The van der Waals surface area contributed by atoms with Gasteiger partial charge >= 0.3 is 0 Å². The zero-order valence-electron chi connectivity index (χ0n) is 16.3. The fourth-order valence-corrected chi connectivity index (χ4v) is 3.93. The number of benzene rings is 1. The molecule has 0 aliphatic heterocycles. The molecule has 0 aliphatic rings. The largest absolute Gasteiger partial charge is 0.344 e. The lowest BCUT2D eigenvalue weighted by Crippen LogP contribution is -2.30. The fourth-order valence-electron chi connectivity index (χ4n) is 3.13. The van der Waals surface area contributed by atoms with E-state index in [0.29, 0.717) is 12.5 Å². The minimum Gasteiger partial charge on any atom is -0.344 e. The molecular weight excluding hydrogens is 368 g/mol. The molecule has 4 nitrogen and oxygen atoms in total. The molecule has 0 fully saturated rings. The predicted molar refractivity (Wildman–Crippen MR) is 115 cm³/mol. The Morgan fingerprint density at radius 1 is 1.07 bits per heavy atom. The molecule has 28 heavy (non-hydrogen) atoms. The number of hydrogen-bond donors (Lipinski definition) is 1. The van der Waals surface area contributed by atoms with E-state index in [-0.39, 0.29) is 23.9 Å². The van der Waals surface area contributed by atoms with Crippen LogP contribution in [0.2, 0.25) is 0 Å². The number of rotatable bonds is 8.